The molecule has 1 saturated heterocycles. The van der Waals surface area contributed by atoms with Gasteiger partial charge in [-0.15, -0.1) is 0 Å². The average molecular weight is 262 g/mol. The van der Waals surface area contributed by atoms with Gasteiger partial charge in [-0.1, -0.05) is 12.1 Å². The topological polar surface area (TPSA) is 31.0 Å². The molecule has 0 amide bonds. The van der Waals surface area contributed by atoms with Crippen LogP contribution in [-0.4, -0.2) is 32.6 Å². The van der Waals surface area contributed by atoms with Crippen LogP contribution in [0.4, 0.5) is 13.2 Å². The normalized spacial score (nSPS) is 20.6. The Balaban J connectivity index is 2.10. The molecule has 2 atom stereocenters. The van der Waals surface area contributed by atoms with Crippen LogP contribution in [0.5, 0.6) is 5.75 Å². The van der Waals surface area contributed by atoms with E-state index in [1.807, 2.05) is 0 Å². The summed E-state index contributed by atoms with van der Waals surface area (Å²) < 4.78 is 53.2. The highest BCUT2D eigenvalue weighted by Crippen LogP contribution is 2.36. The second-order valence-electron chi connectivity index (χ2n) is 3.98. The fourth-order valence-corrected chi connectivity index (χ4v) is 1.53. The van der Waals surface area contributed by atoms with Gasteiger partial charge in [-0.3, -0.25) is 0 Å². The maximum atomic E-state index is 12.9. The summed E-state index contributed by atoms with van der Waals surface area (Å²) in [6, 6.07) is 5.66. The Kier molecular flexibility index (Phi) is 3.77. The maximum Gasteiger partial charge on any atom is 0.418 e. The van der Waals surface area contributed by atoms with Gasteiger partial charge in [0.1, 0.15) is 11.9 Å². The molecule has 1 heterocycles. The average Bonchev–Trinajstić information content (AvgIpc) is 3.12. The number of rotatable bonds is 5. The van der Waals surface area contributed by atoms with Gasteiger partial charge in [-0.2, -0.15) is 13.2 Å². The molecule has 6 heteroatoms. The Hall–Kier alpha value is -1.27. The van der Waals surface area contributed by atoms with Crippen LogP contribution in [0, 0.1) is 0 Å². The van der Waals surface area contributed by atoms with Crippen molar-refractivity contribution in [2.24, 2.45) is 0 Å². The molecule has 0 spiro atoms. The first kappa shape index (κ1) is 13.2. The molecule has 18 heavy (non-hydrogen) atoms. The minimum absolute atomic E-state index is 0.0454. The van der Waals surface area contributed by atoms with E-state index in [-0.39, 0.29) is 18.3 Å². The number of hydrogen-bond acceptors (Lipinski definition) is 3. The van der Waals surface area contributed by atoms with Crippen molar-refractivity contribution < 1.29 is 27.4 Å². The number of alkyl halides is 3. The third-order valence-electron chi connectivity index (χ3n) is 2.57. The minimum Gasteiger partial charge on any atom is -0.497 e. The predicted molar refractivity (Wildman–Crippen MR) is 57.5 cm³/mol. The lowest BCUT2D eigenvalue weighted by Crippen LogP contribution is -2.25. The van der Waals surface area contributed by atoms with E-state index in [9.17, 15) is 13.2 Å². The lowest BCUT2D eigenvalue weighted by molar-refractivity contribution is -0.224. The lowest BCUT2D eigenvalue weighted by Gasteiger charge is -2.21. The zero-order valence-corrected chi connectivity index (χ0v) is 9.74. The summed E-state index contributed by atoms with van der Waals surface area (Å²) in [5.74, 6) is 0.505. The van der Waals surface area contributed by atoms with Crippen molar-refractivity contribution in [2.75, 3.05) is 20.3 Å². The molecule has 1 aromatic carbocycles. The molecule has 0 saturated carbocycles. The van der Waals surface area contributed by atoms with E-state index in [4.69, 9.17) is 14.2 Å². The third-order valence-corrected chi connectivity index (χ3v) is 2.57. The van der Waals surface area contributed by atoms with E-state index in [1.165, 1.54) is 31.4 Å². The summed E-state index contributed by atoms with van der Waals surface area (Å²) in [6.07, 6.45) is -6.57. The zero-order chi connectivity index (χ0) is 13.2. The second kappa shape index (κ2) is 5.16. The van der Waals surface area contributed by atoms with Gasteiger partial charge in [-0.05, 0) is 17.7 Å². The molecule has 0 bridgehead atoms. The molecule has 0 unspecified atom stereocenters. The van der Waals surface area contributed by atoms with E-state index in [2.05, 4.69) is 0 Å². The molecule has 1 aromatic rings. The summed E-state index contributed by atoms with van der Waals surface area (Å²) >= 11 is 0. The smallest absolute Gasteiger partial charge is 0.418 e. The highest BCUT2D eigenvalue weighted by Gasteiger charge is 2.43. The Morgan fingerprint density at radius 1 is 1.33 bits per heavy atom. The Morgan fingerprint density at radius 3 is 2.39 bits per heavy atom. The molecule has 1 fully saturated rings. The van der Waals surface area contributed by atoms with Crippen LogP contribution in [-0.2, 0) is 9.47 Å². The van der Waals surface area contributed by atoms with E-state index < -0.39 is 12.3 Å². The second-order valence-corrected chi connectivity index (χ2v) is 3.98. The number of hydrogen-bond donors (Lipinski definition) is 0. The first-order chi connectivity index (χ1) is 8.50. The van der Waals surface area contributed by atoms with Crippen LogP contribution < -0.4 is 4.74 Å². The Bertz CT molecular complexity index is 385. The summed E-state index contributed by atoms with van der Waals surface area (Å²) in [6.45, 7) is 0.420. The van der Waals surface area contributed by atoms with Crippen molar-refractivity contribution in [1.82, 2.24) is 0 Å². The number of halogens is 3. The molecule has 1 aliphatic heterocycles. The van der Waals surface area contributed by atoms with Crippen molar-refractivity contribution in [3.8, 4) is 5.75 Å². The Labute approximate surface area is 102 Å². The van der Waals surface area contributed by atoms with E-state index in [0.717, 1.165) is 0 Å². The summed E-state index contributed by atoms with van der Waals surface area (Å²) in [5, 5.41) is 0. The summed E-state index contributed by atoms with van der Waals surface area (Å²) in [4.78, 5) is 0. The van der Waals surface area contributed by atoms with Crippen molar-refractivity contribution in [3.05, 3.63) is 29.8 Å². The zero-order valence-electron chi connectivity index (χ0n) is 9.74. The number of benzene rings is 1. The van der Waals surface area contributed by atoms with E-state index in [1.54, 1.807) is 0 Å². The van der Waals surface area contributed by atoms with Crippen molar-refractivity contribution >= 4 is 0 Å². The van der Waals surface area contributed by atoms with Crippen LogP contribution in [0.15, 0.2) is 24.3 Å². The molecule has 3 nitrogen and oxygen atoms in total. The first-order valence-corrected chi connectivity index (χ1v) is 5.44. The third kappa shape index (κ3) is 3.36. The van der Waals surface area contributed by atoms with Gasteiger partial charge < -0.3 is 14.2 Å². The van der Waals surface area contributed by atoms with E-state index in [0.29, 0.717) is 12.4 Å². The number of methoxy groups -OCH3 is 1. The molecule has 2 rings (SSSR count). The van der Waals surface area contributed by atoms with Crippen LogP contribution in [0.1, 0.15) is 11.7 Å². The first-order valence-electron chi connectivity index (χ1n) is 5.44. The minimum atomic E-state index is -4.44. The maximum absolute atomic E-state index is 12.9. The van der Waals surface area contributed by atoms with Crippen LogP contribution >= 0.6 is 0 Å². The van der Waals surface area contributed by atoms with Crippen LogP contribution in [0.25, 0.3) is 0 Å². The predicted octanol–water partition coefficient (Wildman–Crippen LogP) is 2.71. The van der Waals surface area contributed by atoms with Crippen LogP contribution in [0.3, 0.4) is 0 Å². The molecule has 0 aromatic heterocycles. The van der Waals surface area contributed by atoms with Gasteiger partial charge in [0.2, 0.25) is 0 Å². The SMILES string of the molecule is COc1ccc([C@H](OC[C@@H]2CO2)C(F)(F)F)cc1. The largest absolute Gasteiger partial charge is 0.497 e. The quantitative estimate of drug-likeness (QED) is 0.764. The molecule has 100 valence electrons. The van der Waals surface area contributed by atoms with E-state index >= 15 is 0 Å². The van der Waals surface area contributed by atoms with Crippen molar-refractivity contribution in [1.29, 1.82) is 0 Å². The molecular weight excluding hydrogens is 249 g/mol. The van der Waals surface area contributed by atoms with Gasteiger partial charge in [0.25, 0.3) is 0 Å². The highest BCUT2D eigenvalue weighted by molar-refractivity contribution is 5.29. The number of ether oxygens (including phenoxy) is 3. The standard InChI is InChI=1S/C12H13F3O3/c1-16-9-4-2-8(3-5-9)11(12(13,14)15)18-7-10-6-17-10/h2-5,10-11H,6-7H2,1H3/t10-,11-/m0/s1. The van der Waals surface area contributed by atoms with Gasteiger partial charge >= 0.3 is 6.18 Å². The van der Waals surface area contributed by atoms with Crippen LogP contribution in [0.2, 0.25) is 0 Å². The van der Waals surface area contributed by atoms with Gasteiger partial charge in [0.15, 0.2) is 6.10 Å². The van der Waals surface area contributed by atoms with Crippen molar-refractivity contribution in [3.63, 3.8) is 0 Å². The van der Waals surface area contributed by atoms with Gasteiger partial charge in [-0.25, -0.2) is 0 Å². The Morgan fingerprint density at radius 2 is 1.94 bits per heavy atom. The highest BCUT2D eigenvalue weighted by atomic mass is 19.4. The number of epoxide rings is 1. The van der Waals surface area contributed by atoms with Gasteiger partial charge in [0.05, 0.1) is 20.3 Å². The fourth-order valence-electron chi connectivity index (χ4n) is 1.53. The summed E-state index contributed by atoms with van der Waals surface area (Å²) in [5.41, 5.74) is 0.0592. The summed E-state index contributed by atoms with van der Waals surface area (Å²) in [7, 11) is 1.46. The van der Waals surface area contributed by atoms with Gasteiger partial charge in [0, 0.05) is 0 Å². The lowest BCUT2D eigenvalue weighted by atomic mass is 10.1. The fraction of sp³-hybridized carbons (Fsp3) is 0.500. The molecular formula is C12H13F3O3. The molecule has 1 aliphatic rings. The molecule has 0 radical (unpaired) electrons. The van der Waals surface area contributed by atoms with Crippen molar-refractivity contribution in [2.45, 2.75) is 18.4 Å². The monoisotopic (exact) mass is 262 g/mol. The molecule has 0 aliphatic carbocycles. The molecule has 0 N–H and O–H groups in total.